The lowest BCUT2D eigenvalue weighted by molar-refractivity contribution is -2.00. The normalized spacial score (nSPS) is 10.4. The van der Waals surface area contributed by atoms with Crippen molar-refractivity contribution < 1.29 is 33.5 Å². The second-order valence-corrected chi connectivity index (χ2v) is 5.81. The summed E-state index contributed by atoms with van der Waals surface area (Å²) < 4.78 is 37.4. The summed E-state index contributed by atoms with van der Waals surface area (Å²) in [7, 11) is -0.864. The molecule has 0 atom stereocenters. The van der Waals surface area contributed by atoms with Gasteiger partial charge in [-0.15, -0.1) is 33.3 Å². The zero-order chi connectivity index (χ0) is 12.8. The van der Waals surface area contributed by atoms with E-state index in [0.29, 0.717) is 0 Å². The highest BCUT2D eigenvalue weighted by atomic mass is 35.7. The van der Waals surface area contributed by atoms with E-state index in [-0.39, 0.29) is 0 Å². The molecular weight excluding hydrogens is 274 g/mol. The SMILES string of the molecule is CSc1ccc(C=[N+](C)C)s1.[O-][Cl+3]([O-])([O-])[O-]. The minimum absolute atomic E-state index is 1.32. The van der Waals surface area contributed by atoms with E-state index < -0.39 is 10.2 Å². The predicted molar refractivity (Wildman–Crippen MR) is 53.4 cm³/mol. The van der Waals surface area contributed by atoms with Gasteiger partial charge in [0.25, 0.3) is 0 Å². The third-order valence-electron chi connectivity index (χ3n) is 1.19. The van der Waals surface area contributed by atoms with Crippen LogP contribution in [0.1, 0.15) is 4.88 Å². The van der Waals surface area contributed by atoms with Crippen molar-refractivity contribution in [2.45, 2.75) is 4.21 Å². The molecule has 0 N–H and O–H groups in total. The molecule has 0 aliphatic carbocycles. The Balaban J connectivity index is 0.000000385. The minimum atomic E-state index is -4.94. The van der Waals surface area contributed by atoms with Crippen LogP contribution in [0.2, 0.25) is 0 Å². The summed E-state index contributed by atoms with van der Waals surface area (Å²) in [6, 6.07) is 4.31. The first-order valence-electron chi connectivity index (χ1n) is 3.99. The first kappa shape index (κ1) is 15.9. The van der Waals surface area contributed by atoms with Gasteiger partial charge >= 0.3 is 0 Å². The zero-order valence-corrected chi connectivity index (χ0v) is 11.4. The largest absolute Gasteiger partial charge is 0.240 e. The summed E-state index contributed by atoms with van der Waals surface area (Å²) >= 11 is 3.62. The van der Waals surface area contributed by atoms with Crippen LogP contribution in [-0.2, 0) is 0 Å². The Hall–Kier alpha value is -0.150. The lowest BCUT2D eigenvalue weighted by Gasteiger charge is -2.17. The number of halogens is 1. The zero-order valence-electron chi connectivity index (χ0n) is 9.01. The molecule has 0 unspecified atom stereocenters. The van der Waals surface area contributed by atoms with Gasteiger partial charge in [-0.25, -0.2) is 23.2 Å². The second-order valence-electron chi connectivity index (χ2n) is 2.83. The van der Waals surface area contributed by atoms with Crippen LogP contribution in [0, 0.1) is 10.2 Å². The average Bonchev–Trinajstić information content (AvgIpc) is 2.48. The van der Waals surface area contributed by atoms with Crippen LogP contribution in [0.4, 0.5) is 0 Å². The first-order chi connectivity index (χ1) is 7.22. The van der Waals surface area contributed by atoms with Crippen molar-refractivity contribution in [2.75, 3.05) is 20.4 Å². The van der Waals surface area contributed by atoms with Gasteiger partial charge in [-0.05, 0) is 18.4 Å². The summed E-state index contributed by atoms with van der Waals surface area (Å²) in [5.74, 6) is 0. The molecule has 0 saturated carbocycles. The fourth-order valence-corrected chi connectivity index (χ4v) is 2.36. The van der Waals surface area contributed by atoms with Crippen LogP contribution in [0.15, 0.2) is 16.3 Å². The van der Waals surface area contributed by atoms with E-state index in [0.717, 1.165) is 0 Å². The van der Waals surface area contributed by atoms with Crippen LogP contribution in [-0.4, -0.2) is 31.1 Å². The third-order valence-corrected chi connectivity index (χ3v) is 3.29. The van der Waals surface area contributed by atoms with Crippen molar-refractivity contribution in [3.63, 3.8) is 0 Å². The molecule has 0 bridgehead atoms. The van der Waals surface area contributed by atoms with E-state index in [9.17, 15) is 0 Å². The van der Waals surface area contributed by atoms with Crippen LogP contribution in [0.3, 0.4) is 0 Å². The summed E-state index contributed by atoms with van der Waals surface area (Å²) in [5, 5.41) is 0. The van der Waals surface area contributed by atoms with Gasteiger partial charge in [-0.1, -0.05) is 0 Å². The fraction of sp³-hybridized carbons (Fsp3) is 0.375. The van der Waals surface area contributed by atoms with Gasteiger partial charge in [-0.2, -0.15) is 0 Å². The Bertz CT molecular complexity index is 338. The number of thioether (sulfide) groups is 1. The Morgan fingerprint density at radius 1 is 1.25 bits per heavy atom. The summed E-state index contributed by atoms with van der Waals surface area (Å²) in [6.45, 7) is 0. The van der Waals surface area contributed by atoms with E-state index >= 15 is 0 Å². The molecular formula is C8H12ClNO4S2. The highest BCUT2D eigenvalue weighted by Crippen LogP contribution is 2.23. The molecule has 1 rings (SSSR count). The molecule has 1 aromatic rings. The molecule has 92 valence electrons. The molecule has 8 heteroatoms. The maximum absolute atomic E-state index is 8.49. The van der Waals surface area contributed by atoms with Gasteiger partial charge in [0.2, 0.25) is 0 Å². The summed E-state index contributed by atoms with van der Waals surface area (Å²) in [6.07, 6.45) is 4.23. The summed E-state index contributed by atoms with van der Waals surface area (Å²) in [5.41, 5.74) is 0. The number of nitrogens with zero attached hydrogens (tertiary/aromatic N) is 1. The molecule has 1 heterocycles. The van der Waals surface area contributed by atoms with Gasteiger partial charge in [0.15, 0.2) is 6.21 Å². The molecule has 0 radical (unpaired) electrons. The van der Waals surface area contributed by atoms with Gasteiger partial charge in [0.1, 0.15) is 14.1 Å². The first-order valence-corrected chi connectivity index (χ1v) is 7.27. The van der Waals surface area contributed by atoms with Gasteiger partial charge < -0.3 is 0 Å². The lowest BCUT2D eigenvalue weighted by Crippen LogP contribution is -2.68. The van der Waals surface area contributed by atoms with Crippen molar-refractivity contribution in [2.24, 2.45) is 0 Å². The topological polar surface area (TPSA) is 95.2 Å². The number of rotatable bonds is 2. The van der Waals surface area contributed by atoms with Crippen LogP contribution in [0.5, 0.6) is 0 Å². The Morgan fingerprint density at radius 2 is 1.75 bits per heavy atom. The molecule has 5 nitrogen and oxygen atoms in total. The van der Waals surface area contributed by atoms with Gasteiger partial charge in [0, 0.05) is 0 Å². The number of thiophene rings is 1. The van der Waals surface area contributed by atoms with E-state index in [4.69, 9.17) is 18.6 Å². The maximum atomic E-state index is 8.49. The molecule has 0 fully saturated rings. The third kappa shape index (κ3) is 10.4. The molecule has 16 heavy (non-hydrogen) atoms. The van der Waals surface area contributed by atoms with E-state index in [1.165, 1.54) is 9.09 Å². The predicted octanol–water partition coefficient (Wildman–Crippen LogP) is -2.59. The summed E-state index contributed by atoms with van der Waals surface area (Å²) in [4.78, 5) is 1.32. The van der Waals surface area contributed by atoms with Crippen LogP contribution >= 0.6 is 23.1 Å². The van der Waals surface area contributed by atoms with Crippen molar-refractivity contribution in [3.05, 3.63) is 17.0 Å². The Morgan fingerprint density at radius 3 is 2.06 bits per heavy atom. The average molecular weight is 286 g/mol. The molecule has 0 aliphatic rings. The highest BCUT2D eigenvalue weighted by Gasteiger charge is 1.97. The fourth-order valence-electron chi connectivity index (χ4n) is 0.768. The number of hydrogen-bond donors (Lipinski definition) is 0. The monoisotopic (exact) mass is 285 g/mol. The standard InChI is InChI=1S/C8H12NS2.ClHO4/c1-9(2)6-7-4-5-8(10-3)11-7;2-1(3,4)5/h4-6H,1-3H3;(H,2,3,4,5)/q+1;/p-1. The van der Waals surface area contributed by atoms with Crippen LogP contribution in [0.25, 0.3) is 0 Å². The molecule has 0 aliphatic heterocycles. The van der Waals surface area contributed by atoms with Crippen molar-refractivity contribution in [1.29, 1.82) is 0 Å². The van der Waals surface area contributed by atoms with Crippen molar-refractivity contribution in [1.82, 2.24) is 0 Å². The van der Waals surface area contributed by atoms with Crippen LogP contribution < -0.4 is 18.6 Å². The van der Waals surface area contributed by atoms with Gasteiger partial charge in [-0.3, -0.25) is 0 Å². The Labute approximate surface area is 104 Å². The van der Waals surface area contributed by atoms with E-state index in [1.807, 2.05) is 25.4 Å². The molecule has 0 aromatic carbocycles. The van der Waals surface area contributed by atoms with Gasteiger partial charge in [0.05, 0.1) is 9.09 Å². The molecule has 0 spiro atoms. The maximum Gasteiger partial charge on any atom is 0.180 e. The quantitative estimate of drug-likeness (QED) is 0.337. The molecule has 0 saturated heterocycles. The molecule has 0 amide bonds. The highest BCUT2D eigenvalue weighted by molar-refractivity contribution is 8.00. The Kier molecular flexibility index (Phi) is 7.16. The van der Waals surface area contributed by atoms with E-state index in [2.05, 4.69) is 29.2 Å². The smallest absolute Gasteiger partial charge is 0.180 e. The number of hydrogen-bond acceptors (Lipinski definition) is 6. The van der Waals surface area contributed by atoms with E-state index in [1.54, 1.807) is 11.8 Å². The molecule has 1 aromatic heterocycles. The lowest BCUT2D eigenvalue weighted by atomic mass is 10.5. The second kappa shape index (κ2) is 7.23. The van der Waals surface area contributed by atoms with Crippen molar-refractivity contribution >= 4 is 29.3 Å². The minimum Gasteiger partial charge on any atom is -0.240 e. The van der Waals surface area contributed by atoms with Crippen molar-refractivity contribution in [3.8, 4) is 0 Å².